The number of aromatic nitrogens is 2. The lowest BCUT2D eigenvalue weighted by Gasteiger charge is -2.20. The van der Waals surface area contributed by atoms with Gasteiger partial charge >= 0.3 is 0 Å². The Morgan fingerprint density at radius 2 is 2.07 bits per heavy atom. The summed E-state index contributed by atoms with van der Waals surface area (Å²) in [5, 5.41) is 5.56. The molecule has 0 saturated heterocycles. The molecule has 1 amide bonds. The molecule has 2 heterocycles. The maximum Gasteiger partial charge on any atom is 0.272 e. The van der Waals surface area contributed by atoms with Crippen LogP contribution in [0.5, 0.6) is 0 Å². The van der Waals surface area contributed by atoms with E-state index in [0.717, 1.165) is 18.4 Å². The van der Waals surface area contributed by atoms with Gasteiger partial charge in [0.05, 0.1) is 17.3 Å². The van der Waals surface area contributed by atoms with Gasteiger partial charge < -0.3 is 5.32 Å². The van der Waals surface area contributed by atoms with Crippen LogP contribution in [0.15, 0.2) is 39.6 Å². The molecule has 2 aromatic heterocycles. The van der Waals surface area contributed by atoms with Crippen molar-refractivity contribution < 1.29 is 4.79 Å². The number of nitrogens with zero attached hydrogens (tertiary/aromatic N) is 2. The first-order valence-corrected chi connectivity index (χ1v) is 11.9. The zero-order chi connectivity index (χ0) is 20.4. The van der Waals surface area contributed by atoms with Gasteiger partial charge in [-0.05, 0) is 67.7 Å². The van der Waals surface area contributed by atoms with Crippen LogP contribution in [-0.2, 0) is 24.2 Å². The van der Waals surface area contributed by atoms with Crippen molar-refractivity contribution in [2.24, 2.45) is 0 Å². The molecule has 0 radical (unpaired) electrons. The molecule has 29 heavy (non-hydrogen) atoms. The first-order valence-electron chi connectivity index (χ1n) is 10.1. The highest BCUT2D eigenvalue weighted by Gasteiger charge is 2.16. The summed E-state index contributed by atoms with van der Waals surface area (Å²) in [6.07, 6.45) is 4.80. The summed E-state index contributed by atoms with van der Waals surface area (Å²) in [4.78, 5) is 29.7. The molecule has 4 rings (SSSR count). The molecule has 0 bridgehead atoms. The second-order valence-electron chi connectivity index (χ2n) is 7.39. The van der Waals surface area contributed by atoms with E-state index < -0.39 is 0 Å². The van der Waals surface area contributed by atoms with Crippen molar-refractivity contribution in [3.63, 3.8) is 0 Å². The van der Waals surface area contributed by atoms with Crippen LogP contribution >= 0.6 is 23.1 Å². The summed E-state index contributed by atoms with van der Waals surface area (Å²) in [7, 11) is 0. The number of rotatable bonds is 6. The average Bonchev–Trinajstić information content (AvgIpc) is 3.21. The molecule has 3 aromatic rings. The standard InChI is InChI=1S/C22H25N3O2S2/c1-3-25-21(27)20-18(10-11-28-20)24-22(25)29-13-19(26)23-14(2)16-9-8-15-6-4-5-7-17(15)12-16/h8-12,14H,3-7,13H2,1-2H3,(H,23,26)/t14-/m1/s1. The van der Waals surface area contributed by atoms with Crippen molar-refractivity contribution in [1.82, 2.24) is 14.9 Å². The quantitative estimate of drug-likeness (QED) is 0.470. The van der Waals surface area contributed by atoms with Gasteiger partial charge in [-0.25, -0.2) is 4.98 Å². The normalized spacial score (nSPS) is 14.6. The van der Waals surface area contributed by atoms with E-state index in [9.17, 15) is 9.59 Å². The van der Waals surface area contributed by atoms with Crippen LogP contribution in [0, 0.1) is 0 Å². The number of benzene rings is 1. The molecule has 0 unspecified atom stereocenters. The van der Waals surface area contributed by atoms with Gasteiger partial charge in [-0.2, -0.15) is 0 Å². The first kappa shape index (κ1) is 20.2. The molecular weight excluding hydrogens is 402 g/mol. The van der Waals surface area contributed by atoms with Gasteiger partial charge in [0.25, 0.3) is 5.56 Å². The van der Waals surface area contributed by atoms with Crippen LogP contribution in [0.2, 0.25) is 0 Å². The van der Waals surface area contributed by atoms with E-state index in [1.165, 1.54) is 47.1 Å². The van der Waals surface area contributed by atoms with E-state index in [4.69, 9.17) is 0 Å². The zero-order valence-electron chi connectivity index (χ0n) is 16.7. The van der Waals surface area contributed by atoms with Gasteiger partial charge in [0.15, 0.2) is 5.16 Å². The minimum Gasteiger partial charge on any atom is -0.349 e. The molecule has 0 spiro atoms. The molecule has 0 fully saturated rings. The number of fused-ring (bicyclic) bond motifs is 2. The second kappa shape index (κ2) is 8.71. The van der Waals surface area contributed by atoms with Gasteiger partial charge in [0.2, 0.25) is 5.91 Å². The molecule has 5 nitrogen and oxygen atoms in total. The summed E-state index contributed by atoms with van der Waals surface area (Å²) >= 11 is 2.72. The van der Waals surface area contributed by atoms with Crippen molar-refractivity contribution in [2.45, 2.75) is 57.3 Å². The van der Waals surface area contributed by atoms with E-state index in [2.05, 4.69) is 28.5 Å². The largest absolute Gasteiger partial charge is 0.349 e. The Morgan fingerprint density at radius 3 is 2.86 bits per heavy atom. The van der Waals surface area contributed by atoms with Crippen molar-refractivity contribution >= 4 is 39.2 Å². The van der Waals surface area contributed by atoms with E-state index in [1.807, 2.05) is 25.3 Å². The van der Waals surface area contributed by atoms with E-state index >= 15 is 0 Å². The van der Waals surface area contributed by atoms with Gasteiger partial charge in [-0.3, -0.25) is 14.2 Å². The molecule has 152 valence electrons. The van der Waals surface area contributed by atoms with Gasteiger partial charge in [0.1, 0.15) is 4.70 Å². The number of nitrogens with one attached hydrogen (secondary N) is 1. The SMILES string of the molecule is CCn1c(SCC(=O)N[C@H](C)c2ccc3c(c2)CCCC3)nc2ccsc2c1=O. The van der Waals surface area contributed by atoms with Gasteiger partial charge in [0, 0.05) is 6.54 Å². The Morgan fingerprint density at radius 1 is 1.28 bits per heavy atom. The molecular formula is C22H25N3O2S2. The third kappa shape index (κ3) is 4.26. The Hall–Kier alpha value is -2.12. The Kier molecular flexibility index (Phi) is 6.06. The number of aryl methyl sites for hydroxylation is 2. The number of hydrogen-bond donors (Lipinski definition) is 1. The van der Waals surface area contributed by atoms with Crippen LogP contribution in [0.3, 0.4) is 0 Å². The third-order valence-corrected chi connectivity index (χ3v) is 7.30. The summed E-state index contributed by atoms with van der Waals surface area (Å²) < 4.78 is 2.31. The van der Waals surface area contributed by atoms with E-state index in [1.54, 1.807) is 4.57 Å². The highest BCUT2D eigenvalue weighted by atomic mass is 32.2. The van der Waals surface area contributed by atoms with Crippen LogP contribution in [0.1, 0.15) is 49.4 Å². The van der Waals surface area contributed by atoms with Crippen LogP contribution in [-0.4, -0.2) is 21.2 Å². The molecule has 7 heteroatoms. The lowest BCUT2D eigenvalue weighted by molar-refractivity contribution is -0.119. The maximum atomic E-state index is 12.6. The molecule has 1 atom stereocenters. The Bertz CT molecular complexity index is 1100. The van der Waals surface area contributed by atoms with Crippen molar-refractivity contribution in [3.05, 3.63) is 56.7 Å². The van der Waals surface area contributed by atoms with Crippen LogP contribution in [0.25, 0.3) is 10.2 Å². The fourth-order valence-electron chi connectivity index (χ4n) is 3.83. The lowest BCUT2D eigenvalue weighted by atomic mass is 9.89. The number of carbonyl (C=O) groups excluding carboxylic acids is 1. The highest BCUT2D eigenvalue weighted by molar-refractivity contribution is 7.99. The summed E-state index contributed by atoms with van der Waals surface area (Å²) in [6.45, 7) is 4.48. The number of carbonyl (C=O) groups is 1. The Labute approximate surface area is 178 Å². The fraction of sp³-hybridized carbons (Fsp3) is 0.409. The van der Waals surface area contributed by atoms with Gasteiger partial charge in [-0.15, -0.1) is 11.3 Å². The van der Waals surface area contributed by atoms with E-state index in [0.29, 0.717) is 21.9 Å². The predicted molar refractivity (Wildman–Crippen MR) is 120 cm³/mol. The number of amides is 1. The smallest absolute Gasteiger partial charge is 0.272 e. The number of thioether (sulfide) groups is 1. The first-order chi connectivity index (χ1) is 14.1. The van der Waals surface area contributed by atoms with Crippen molar-refractivity contribution in [1.29, 1.82) is 0 Å². The molecule has 1 N–H and O–H groups in total. The van der Waals surface area contributed by atoms with Gasteiger partial charge in [-0.1, -0.05) is 30.0 Å². The average molecular weight is 428 g/mol. The maximum absolute atomic E-state index is 12.6. The Balaban J connectivity index is 1.42. The minimum absolute atomic E-state index is 0.0298. The summed E-state index contributed by atoms with van der Waals surface area (Å²) in [5.41, 5.74) is 4.69. The second-order valence-corrected chi connectivity index (χ2v) is 9.25. The molecule has 1 aliphatic rings. The van der Waals surface area contributed by atoms with Crippen molar-refractivity contribution in [3.8, 4) is 0 Å². The molecule has 0 saturated carbocycles. The third-order valence-electron chi connectivity index (χ3n) is 5.43. The molecule has 0 aliphatic heterocycles. The molecule has 1 aliphatic carbocycles. The van der Waals surface area contributed by atoms with Crippen LogP contribution < -0.4 is 10.9 Å². The summed E-state index contributed by atoms with van der Waals surface area (Å²) in [5.74, 6) is 0.180. The predicted octanol–water partition coefficient (Wildman–Crippen LogP) is 4.33. The number of thiophene rings is 1. The van der Waals surface area contributed by atoms with Crippen molar-refractivity contribution in [2.75, 3.05) is 5.75 Å². The fourth-order valence-corrected chi connectivity index (χ4v) is 5.48. The monoisotopic (exact) mass is 427 g/mol. The van der Waals surface area contributed by atoms with Crippen LogP contribution in [0.4, 0.5) is 0 Å². The van der Waals surface area contributed by atoms with E-state index in [-0.39, 0.29) is 23.3 Å². The topological polar surface area (TPSA) is 64.0 Å². The minimum atomic E-state index is -0.0532. The zero-order valence-corrected chi connectivity index (χ0v) is 18.4. The summed E-state index contributed by atoms with van der Waals surface area (Å²) in [6, 6.07) is 8.39. The number of hydrogen-bond acceptors (Lipinski definition) is 5. The highest BCUT2D eigenvalue weighted by Crippen LogP contribution is 2.25. The lowest BCUT2D eigenvalue weighted by Crippen LogP contribution is -2.29. The molecule has 1 aromatic carbocycles.